The monoisotopic (exact) mass is 306 g/mol. The Morgan fingerprint density at radius 2 is 1.83 bits per heavy atom. The number of aryl methyl sites for hydroxylation is 3. The van der Waals surface area contributed by atoms with Crippen molar-refractivity contribution in [2.24, 2.45) is 0 Å². The molecule has 3 nitrogen and oxygen atoms in total. The summed E-state index contributed by atoms with van der Waals surface area (Å²) in [6.45, 7) is 10.3. The summed E-state index contributed by atoms with van der Waals surface area (Å²) in [5.74, 6) is 1.12. The lowest BCUT2D eigenvalue weighted by Crippen LogP contribution is -2.02. The van der Waals surface area contributed by atoms with Crippen LogP contribution in [0.3, 0.4) is 0 Å². The largest absolute Gasteiger partial charge is 0.296 e. The van der Waals surface area contributed by atoms with Crippen LogP contribution in [-0.4, -0.2) is 14.5 Å². The Kier molecular flexibility index (Phi) is 4.46. The maximum atomic E-state index is 4.90. The molecule has 0 aliphatic carbocycles. The first kappa shape index (κ1) is 15.7. The number of pyridine rings is 1. The highest BCUT2D eigenvalue weighted by Crippen LogP contribution is 2.25. The van der Waals surface area contributed by atoms with Crippen molar-refractivity contribution in [3.05, 3.63) is 60.0 Å². The van der Waals surface area contributed by atoms with Crippen LogP contribution in [-0.2, 0) is 12.8 Å². The summed E-state index contributed by atoms with van der Waals surface area (Å²) in [5, 5.41) is 0. The van der Waals surface area contributed by atoms with Gasteiger partial charge in [-0.3, -0.25) is 9.55 Å². The molecule has 0 spiro atoms. The molecule has 0 unspecified atom stereocenters. The standard InChI is InChI=1S/C20H24N3/c1-5-7-8-19-22-20-15(4)21-14(3)13-18(20)23(19)17-11-9-16(6-2)10-12-17/h9-13H,2,5-8H2,1,3-4H3. The van der Waals surface area contributed by atoms with Gasteiger partial charge in [0.15, 0.2) is 0 Å². The fraction of sp³-hybridized carbons (Fsp3) is 0.350. The summed E-state index contributed by atoms with van der Waals surface area (Å²) in [6, 6.07) is 10.8. The Morgan fingerprint density at radius 3 is 2.48 bits per heavy atom. The maximum Gasteiger partial charge on any atom is 0.114 e. The van der Waals surface area contributed by atoms with Crippen LogP contribution >= 0.6 is 0 Å². The molecule has 0 N–H and O–H groups in total. The van der Waals surface area contributed by atoms with Gasteiger partial charge in [-0.2, -0.15) is 0 Å². The van der Waals surface area contributed by atoms with Gasteiger partial charge in [0.2, 0.25) is 0 Å². The van der Waals surface area contributed by atoms with Crippen molar-refractivity contribution in [1.82, 2.24) is 14.5 Å². The van der Waals surface area contributed by atoms with Gasteiger partial charge in [0.05, 0.1) is 11.2 Å². The van der Waals surface area contributed by atoms with Crippen molar-refractivity contribution < 1.29 is 0 Å². The number of rotatable bonds is 5. The van der Waals surface area contributed by atoms with Gasteiger partial charge in [0.1, 0.15) is 11.3 Å². The summed E-state index contributed by atoms with van der Waals surface area (Å²) in [5.41, 5.74) is 6.63. The molecule has 3 heteroatoms. The van der Waals surface area contributed by atoms with Gasteiger partial charge in [0.25, 0.3) is 0 Å². The van der Waals surface area contributed by atoms with Crippen LogP contribution in [0.2, 0.25) is 0 Å². The molecule has 1 aromatic carbocycles. The van der Waals surface area contributed by atoms with Crippen LogP contribution in [0, 0.1) is 20.8 Å². The zero-order valence-corrected chi connectivity index (χ0v) is 14.3. The van der Waals surface area contributed by atoms with Crippen LogP contribution in [0.1, 0.15) is 42.5 Å². The first-order chi connectivity index (χ1) is 11.1. The summed E-state index contributed by atoms with van der Waals surface area (Å²) in [7, 11) is 0. The maximum absolute atomic E-state index is 4.90. The molecular formula is C20H24N3. The minimum atomic E-state index is 0.815. The van der Waals surface area contributed by atoms with Crippen molar-refractivity contribution in [2.75, 3.05) is 0 Å². The third-order valence-corrected chi connectivity index (χ3v) is 4.25. The minimum absolute atomic E-state index is 0.815. The van der Waals surface area contributed by atoms with Gasteiger partial charge in [-0.05, 0) is 57.4 Å². The van der Waals surface area contributed by atoms with Crippen LogP contribution in [0.5, 0.6) is 0 Å². The molecule has 0 saturated heterocycles. The molecule has 23 heavy (non-hydrogen) atoms. The molecule has 2 aromatic heterocycles. The highest BCUT2D eigenvalue weighted by Gasteiger charge is 2.15. The predicted octanol–water partition coefficient (Wildman–Crippen LogP) is 4.76. The Morgan fingerprint density at radius 1 is 1.09 bits per heavy atom. The second-order valence-corrected chi connectivity index (χ2v) is 6.10. The fourth-order valence-corrected chi connectivity index (χ4v) is 3.03. The zero-order valence-electron chi connectivity index (χ0n) is 14.3. The molecule has 0 atom stereocenters. The average Bonchev–Trinajstić information content (AvgIpc) is 2.91. The lowest BCUT2D eigenvalue weighted by Gasteiger charge is -2.10. The van der Waals surface area contributed by atoms with Crippen molar-refractivity contribution >= 4 is 11.0 Å². The van der Waals surface area contributed by atoms with E-state index >= 15 is 0 Å². The first-order valence-corrected chi connectivity index (χ1v) is 8.38. The van der Waals surface area contributed by atoms with Gasteiger partial charge in [-0.1, -0.05) is 25.5 Å². The molecule has 0 saturated carbocycles. The number of hydrogen-bond donors (Lipinski definition) is 0. The second kappa shape index (κ2) is 6.53. The summed E-state index contributed by atoms with van der Waals surface area (Å²) < 4.78 is 2.29. The van der Waals surface area contributed by atoms with E-state index in [1.165, 1.54) is 17.7 Å². The number of benzene rings is 1. The SMILES string of the molecule is [CH2]Cc1ccc(-n2c(CCCC)nc3c(C)nc(C)cc32)cc1. The van der Waals surface area contributed by atoms with Gasteiger partial charge < -0.3 is 0 Å². The quantitative estimate of drug-likeness (QED) is 0.680. The van der Waals surface area contributed by atoms with Gasteiger partial charge in [-0.25, -0.2) is 4.98 Å². The van der Waals surface area contributed by atoms with Crippen LogP contribution in [0.4, 0.5) is 0 Å². The highest BCUT2D eigenvalue weighted by molar-refractivity contribution is 5.80. The van der Waals surface area contributed by atoms with E-state index in [9.17, 15) is 0 Å². The van der Waals surface area contributed by atoms with E-state index in [1.54, 1.807) is 0 Å². The van der Waals surface area contributed by atoms with Crippen molar-refractivity contribution in [3.8, 4) is 5.69 Å². The van der Waals surface area contributed by atoms with E-state index in [4.69, 9.17) is 4.98 Å². The molecular weight excluding hydrogens is 282 g/mol. The highest BCUT2D eigenvalue weighted by atomic mass is 15.1. The Bertz CT molecular complexity index is 813. The lowest BCUT2D eigenvalue weighted by atomic mass is 10.1. The molecule has 2 heterocycles. The zero-order chi connectivity index (χ0) is 16.4. The van der Waals surface area contributed by atoms with E-state index in [2.05, 4.69) is 53.7 Å². The normalized spacial score (nSPS) is 11.3. The number of hydrogen-bond acceptors (Lipinski definition) is 2. The fourth-order valence-electron chi connectivity index (χ4n) is 3.03. The number of fused-ring (bicyclic) bond motifs is 1. The molecule has 3 rings (SSSR count). The third kappa shape index (κ3) is 3.00. The lowest BCUT2D eigenvalue weighted by molar-refractivity contribution is 0.744. The van der Waals surface area contributed by atoms with Crippen LogP contribution < -0.4 is 0 Å². The number of aromatic nitrogens is 3. The molecule has 119 valence electrons. The van der Waals surface area contributed by atoms with E-state index in [0.717, 1.165) is 47.5 Å². The summed E-state index contributed by atoms with van der Waals surface area (Å²) in [6.07, 6.45) is 4.11. The second-order valence-electron chi connectivity index (χ2n) is 6.10. The third-order valence-electron chi connectivity index (χ3n) is 4.25. The van der Waals surface area contributed by atoms with Crippen molar-refractivity contribution in [1.29, 1.82) is 0 Å². The smallest absolute Gasteiger partial charge is 0.114 e. The molecule has 3 aromatic rings. The topological polar surface area (TPSA) is 30.7 Å². The van der Waals surface area contributed by atoms with Gasteiger partial charge >= 0.3 is 0 Å². The Balaban J connectivity index is 2.21. The number of nitrogens with zero attached hydrogens (tertiary/aromatic N) is 3. The van der Waals surface area contributed by atoms with E-state index in [1.807, 2.05) is 13.8 Å². The Labute approximate surface area is 138 Å². The molecule has 0 aliphatic heterocycles. The number of imidazole rings is 1. The van der Waals surface area contributed by atoms with Crippen molar-refractivity contribution in [3.63, 3.8) is 0 Å². The average molecular weight is 306 g/mol. The van der Waals surface area contributed by atoms with E-state index in [-0.39, 0.29) is 0 Å². The Hall–Kier alpha value is -2.16. The summed E-state index contributed by atoms with van der Waals surface area (Å²) >= 11 is 0. The van der Waals surface area contributed by atoms with E-state index < -0.39 is 0 Å². The number of unbranched alkanes of at least 4 members (excludes halogenated alkanes) is 1. The molecule has 0 bridgehead atoms. The molecule has 0 amide bonds. The van der Waals surface area contributed by atoms with Crippen LogP contribution in [0.25, 0.3) is 16.7 Å². The minimum Gasteiger partial charge on any atom is -0.296 e. The van der Waals surface area contributed by atoms with Gasteiger partial charge in [0, 0.05) is 17.8 Å². The molecule has 0 fully saturated rings. The van der Waals surface area contributed by atoms with Gasteiger partial charge in [-0.15, -0.1) is 0 Å². The first-order valence-electron chi connectivity index (χ1n) is 8.38. The summed E-state index contributed by atoms with van der Waals surface area (Å²) in [4.78, 5) is 9.47. The molecule has 0 aliphatic rings. The molecule has 1 radical (unpaired) electrons. The van der Waals surface area contributed by atoms with E-state index in [0.29, 0.717) is 0 Å². The van der Waals surface area contributed by atoms with Crippen molar-refractivity contribution in [2.45, 2.75) is 46.5 Å². The van der Waals surface area contributed by atoms with Crippen LogP contribution in [0.15, 0.2) is 30.3 Å². The predicted molar refractivity (Wildman–Crippen MR) is 96.0 cm³/mol.